The van der Waals surface area contributed by atoms with Gasteiger partial charge in [0.15, 0.2) is 0 Å². The molecular formula is C21H22ClF3N2O. The van der Waals surface area contributed by atoms with Gasteiger partial charge in [0.2, 0.25) is 0 Å². The van der Waals surface area contributed by atoms with Gasteiger partial charge < -0.3 is 10.6 Å². The lowest BCUT2D eigenvalue weighted by Gasteiger charge is -2.29. The van der Waals surface area contributed by atoms with Crippen molar-refractivity contribution >= 4 is 23.2 Å². The van der Waals surface area contributed by atoms with Crippen LogP contribution < -0.4 is 10.6 Å². The summed E-state index contributed by atoms with van der Waals surface area (Å²) in [4.78, 5) is 12.4. The Morgan fingerprint density at radius 2 is 1.71 bits per heavy atom. The standard InChI is InChI=1S/C21H22ClF3N2O/c22-19-11-8-15(21(23,24)25)12-18(19)20(28)27-17-9-6-14(7-10-17)13-26-16-4-2-1-3-5-16/h1-5,8,11-12,14,17,26H,6-7,9-10,13H2,(H,27,28)/t14-,17-. The minimum absolute atomic E-state index is 0.0197. The average molecular weight is 411 g/mol. The van der Waals surface area contributed by atoms with Crippen molar-refractivity contribution < 1.29 is 18.0 Å². The monoisotopic (exact) mass is 410 g/mol. The van der Waals surface area contributed by atoms with Gasteiger partial charge >= 0.3 is 6.18 Å². The topological polar surface area (TPSA) is 41.1 Å². The second-order valence-electron chi connectivity index (χ2n) is 7.13. The molecule has 0 unspecified atom stereocenters. The summed E-state index contributed by atoms with van der Waals surface area (Å²) in [6, 6.07) is 12.7. The Morgan fingerprint density at radius 1 is 1.04 bits per heavy atom. The van der Waals surface area contributed by atoms with E-state index in [9.17, 15) is 18.0 Å². The van der Waals surface area contributed by atoms with E-state index >= 15 is 0 Å². The first-order valence-electron chi connectivity index (χ1n) is 9.29. The predicted octanol–water partition coefficient (Wildman–Crippen LogP) is 5.76. The molecule has 1 aliphatic rings. The maximum absolute atomic E-state index is 12.9. The fourth-order valence-corrected chi connectivity index (χ4v) is 3.67. The van der Waals surface area contributed by atoms with Crippen molar-refractivity contribution in [3.8, 4) is 0 Å². The molecule has 1 saturated carbocycles. The third kappa shape index (κ3) is 5.41. The Morgan fingerprint density at radius 3 is 2.36 bits per heavy atom. The largest absolute Gasteiger partial charge is 0.416 e. The highest BCUT2D eigenvalue weighted by molar-refractivity contribution is 6.33. The maximum Gasteiger partial charge on any atom is 0.416 e. The highest BCUT2D eigenvalue weighted by Gasteiger charge is 2.32. The second kappa shape index (κ2) is 8.86. The molecule has 1 amide bonds. The molecule has 0 aromatic heterocycles. The molecule has 0 spiro atoms. The lowest BCUT2D eigenvalue weighted by Crippen LogP contribution is -2.38. The molecule has 0 radical (unpaired) electrons. The molecule has 2 aromatic rings. The smallest absolute Gasteiger partial charge is 0.385 e. The van der Waals surface area contributed by atoms with Gasteiger partial charge in [-0.05, 0) is 61.9 Å². The fourth-order valence-electron chi connectivity index (χ4n) is 3.47. The van der Waals surface area contributed by atoms with Gasteiger partial charge in [0.1, 0.15) is 0 Å². The van der Waals surface area contributed by atoms with Gasteiger partial charge in [-0.15, -0.1) is 0 Å². The lowest BCUT2D eigenvalue weighted by molar-refractivity contribution is -0.137. The quantitative estimate of drug-likeness (QED) is 0.658. The fraction of sp³-hybridized carbons (Fsp3) is 0.381. The molecule has 0 heterocycles. The van der Waals surface area contributed by atoms with Crippen molar-refractivity contribution in [3.63, 3.8) is 0 Å². The predicted molar refractivity (Wildman–Crippen MR) is 105 cm³/mol. The van der Waals surface area contributed by atoms with Gasteiger partial charge in [-0.2, -0.15) is 13.2 Å². The maximum atomic E-state index is 12.9. The van der Waals surface area contributed by atoms with Crippen LogP contribution in [-0.4, -0.2) is 18.5 Å². The number of carbonyl (C=O) groups excluding carboxylic acids is 1. The van der Waals surface area contributed by atoms with E-state index in [0.717, 1.165) is 56.1 Å². The van der Waals surface area contributed by atoms with E-state index in [2.05, 4.69) is 10.6 Å². The van der Waals surface area contributed by atoms with E-state index in [1.807, 2.05) is 30.3 Å². The van der Waals surface area contributed by atoms with E-state index in [-0.39, 0.29) is 16.6 Å². The molecular weight excluding hydrogens is 389 g/mol. The van der Waals surface area contributed by atoms with Gasteiger partial charge in [0.05, 0.1) is 16.1 Å². The summed E-state index contributed by atoms with van der Waals surface area (Å²) in [5.74, 6) is -0.0486. The number of benzene rings is 2. The van der Waals surface area contributed by atoms with Crippen molar-refractivity contribution in [1.82, 2.24) is 5.32 Å². The molecule has 3 rings (SSSR count). The number of rotatable bonds is 5. The van der Waals surface area contributed by atoms with Crippen molar-refractivity contribution in [2.75, 3.05) is 11.9 Å². The van der Waals surface area contributed by atoms with E-state index in [1.165, 1.54) is 0 Å². The molecule has 1 fully saturated rings. The minimum atomic E-state index is -4.51. The SMILES string of the molecule is O=C(N[C@H]1CC[C@H](CNc2ccccc2)CC1)c1cc(C(F)(F)F)ccc1Cl. The van der Waals surface area contributed by atoms with Crippen LogP contribution in [0.2, 0.25) is 5.02 Å². The van der Waals surface area contributed by atoms with Crippen LogP contribution in [0.1, 0.15) is 41.6 Å². The van der Waals surface area contributed by atoms with Crippen LogP contribution in [0.3, 0.4) is 0 Å². The Labute approximate surface area is 167 Å². The molecule has 0 saturated heterocycles. The van der Waals surface area contributed by atoms with E-state index < -0.39 is 17.6 Å². The van der Waals surface area contributed by atoms with Crippen LogP contribution in [-0.2, 0) is 6.18 Å². The summed E-state index contributed by atoms with van der Waals surface area (Å²) >= 11 is 5.95. The summed E-state index contributed by atoms with van der Waals surface area (Å²) in [6.45, 7) is 0.865. The number of carbonyl (C=O) groups is 1. The van der Waals surface area contributed by atoms with Crippen LogP contribution in [0.5, 0.6) is 0 Å². The van der Waals surface area contributed by atoms with Gasteiger partial charge in [-0.1, -0.05) is 29.8 Å². The summed E-state index contributed by atoms with van der Waals surface area (Å²) < 4.78 is 38.6. The molecule has 0 aliphatic heterocycles. The third-order valence-electron chi connectivity index (χ3n) is 5.09. The Bertz CT molecular complexity index is 803. The van der Waals surface area contributed by atoms with Gasteiger partial charge in [0, 0.05) is 18.3 Å². The molecule has 150 valence electrons. The van der Waals surface area contributed by atoms with Crippen molar-refractivity contribution in [2.24, 2.45) is 5.92 Å². The summed E-state index contributed by atoms with van der Waals surface area (Å²) in [6.07, 6.45) is -1.03. The first-order valence-corrected chi connectivity index (χ1v) is 9.67. The molecule has 0 bridgehead atoms. The van der Waals surface area contributed by atoms with E-state index in [1.54, 1.807) is 0 Å². The number of alkyl halides is 3. The number of hydrogen-bond acceptors (Lipinski definition) is 2. The van der Waals surface area contributed by atoms with E-state index in [0.29, 0.717) is 5.92 Å². The van der Waals surface area contributed by atoms with Gasteiger partial charge in [-0.25, -0.2) is 0 Å². The zero-order chi connectivity index (χ0) is 20.1. The van der Waals surface area contributed by atoms with Crippen LogP contribution in [0.15, 0.2) is 48.5 Å². The minimum Gasteiger partial charge on any atom is -0.385 e. The number of hydrogen-bond donors (Lipinski definition) is 2. The number of nitrogens with one attached hydrogen (secondary N) is 2. The Kier molecular flexibility index (Phi) is 6.50. The molecule has 7 heteroatoms. The third-order valence-corrected chi connectivity index (χ3v) is 5.42. The molecule has 1 aliphatic carbocycles. The van der Waals surface area contributed by atoms with Crippen LogP contribution in [0.25, 0.3) is 0 Å². The van der Waals surface area contributed by atoms with Crippen LogP contribution in [0, 0.1) is 5.92 Å². The number of anilines is 1. The zero-order valence-electron chi connectivity index (χ0n) is 15.2. The van der Waals surface area contributed by atoms with Gasteiger partial charge in [-0.3, -0.25) is 4.79 Å². The highest BCUT2D eigenvalue weighted by Crippen LogP contribution is 2.32. The molecule has 0 atom stereocenters. The lowest BCUT2D eigenvalue weighted by atomic mass is 9.86. The second-order valence-corrected chi connectivity index (χ2v) is 7.54. The summed E-state index contributed by atoms with van der Waals surface area (Å²) in [7, 11) is 0. The summed E-state index contributed by atoms with van der Waals surface area (Å²) in [5, 5.41) is 6.27. The zero-order valence-corrected chi connectivity index (χ0v) is 16.0. The van der Waals surface area contributed by atoms with Crippen molar-refractivity contribution in [3.05, 3.63) is 64.7 Å². The molecule has 2 N–H and O–H groups in total. The van der Waals surface area contributed by atoms with Crippen LogP contribution in [0.4, 0.5) is 18.9 Å². The molecule has 3 nitrogen and oxygen atoms in total. The van der Waals surface area contributed by atoms with Gasteiger partial charge in [0.25, 0.3) is 5.91 Å². The summed E-state index contributed by atoms with van der Waals surface area (Å²) in [5.41, 5.74) is 0.0687. The molecule has 2 aromatic carbocycles. The number of amides is 1. The van der Waals surface area contributed by atoms with Crippen LogP contribution >= 0.6 is 11.6 Å². The Hall–Kier alpha value is -2.21. The number of para-hydroxylation sites is 1. The first-order chi connectivity index (χ1) is 13.3. The van der Waals surface area contributed by atoms with Crippen molar-refractivity contribution in [1.29, 1.82) is 0 Å². The van der Waals surface area contributed by atoms with Crippen molar-refractivity contribution in [2.45, 2.75) is 37.9 Å². The first kappa shape index (κ1) is 20.5. The molecule has 28 heavy (non-hydrogen) atoms. The highest BCUT2D eigenvalue weighted by atomic mass is 35.5. The van der Waals surface area contributed by atoms with E-state index in [4.69, 9.17) is 11.6 Å². The number of halogens is 4. The Balaban J connectivity index is 1.51. The normalized spacial score (nSPS) is 19.9. The average Bonchev–Trinajstić information content (AvgIpc) is 2.67.